The molecule has 0 N–H and O–H groups in total. The van der Waals surface area contributed by atoms with Crippen LogP contribution >= 0.6 is 0 Å². The van der Waals surface area contributed by atoms with Crippen LogP contribution in [-0.4, -0.2) is 39.0 Å². The Morgan fingerprint density at radius 1 is 1.21 bits per heavy atom. The van der Waals surface area contributed by atoms with Crippen LogP contribution in [0.4, 0.5) is 0 Å². The Balaban J connectivity index is 1.46. The number of hydrogen-bond donors (Lipinski definition) is 0. The highest BCUT2D eigenvalue weighted by Gasteiger charge is 2.30. The van der Waals surface area contributed by atoms with Crippen LogP contribution in [0.5, 0.6) is 5.75 Å². The molecule has 29 heavy (non-hydrogen) atoms. The first kappa shape index (κ1) is 19.2. The first-order valence-electron chi connectivity index (χ1n) is 10.1. The summed E-state index contributed by atoms with van der Waals surface area (Å²) < 4.78 is 7.16. The lowest BCUT2D eigenvalue weighted by atomic mass is 10.1. The molecule has 6 nitrogen and oxygen atoms in total. The second kappa shape index (κ2) is 8.47. The number of carbonyl (C=O) groups excluding carboxylic acids is 1. The molecule has 1 aliphatic rings. The Bertz CT molecular complexity index is 981. The highest BCUT2D eigenvalue weighted by molar-refractivity contribution is 5.77. The summed E-state index contributed by atoms with van der Waals surface area (Å²) in [7, 11) is 1.66. The van der Waals surface area contributed by atoms with Gasteiger partial charge in [-0.2, -0.15) is 0 Å². The molecule has 3 heterocycles. The number of amides is 1. The average molecular weight is 390 g/mol. The van der Waals surface area contributed by atoms with Crippen molar-refractivity contribution >= 4 is 5.91 Å². The maximum atomic E-state index is 13.0. The van der Waals surface area contributed by atoms with Gasteiger partial charge in [0.25, 0.3) is 0 Å². The van der Waals surface area contributed by atoms with Gasteiger partial charge in [-0.15, -0.1) is 0 Å². The van der Waals surface area contributed by atoms with E-state index in [1.54, 1.807) is 13.3 Å². The zero-order valence-electron chi connectivity index (χ0n) is 16.9. The third-order valence-corrected chi connectivity index (χ3v) is 5.53. The van der Waals surface area contributed by atoms with Gasteiger partial charge in [-0.3, -0.25) is 9.36 Å². The summed E-state index contributed by atoms with van der Waals surface area (Å²) >= 11 is 0. The summed E-state index contributed by atoms with van der Waals surface area (Å²) in [5, 5.41) is 0. The van der Waals surface area contributed by atoms with Crippen molar-refractivity contribution in [3.63, 3.8) is 0 Å². The molecular formula is C23H26N4O2. The zero-order valence-corrected chi connectivity index (χ0v) is 16.9. The quantitative estimate of drug-likeness (QED) is 0.641. The second-order valence-electron chi connectivity index (χ2n) is 7.36. The predicted octanol–water partition coefficient (Wildman–Crippen LogP) is 3.88. The highest BCUT2D eigenvalue weighted by Crippen LogP contribution is 2.32. The molecule has 1 amide bonds. The van der Waals surface area contributed by atoms with Gasteiger partial charge in [0.1, 0.15) is 17.4 Å². The number of aromatic nitrogens is 3. The minimum atomic E-state index is 0.0437. The maximum Gasteiger partial charge on any atom is 0.223 e. The normalized spacial score (nSPS) is 16.2. The number of carbonyl (C=O) groups is 1. The summed E-state index contributed by atoms with van der Waals surface area (Å²) in [6.45, 7) is 2.75. The first-order chi connectivity index (χ1) is 14.2. The fourth-order valence-corrected chi connectivity index (χ4v) is 3.94. The predicted molar refractivity (Wildman–Crippen MR) is 111 cm³/mol. The molecule has 2 aromatic heterocycles. The summed E-state index contributed by atoms with van der Waals surface area (Å²) in [6.07, 6.45) is 6.88. The van der Waals surface area contributed by atoms with Gasteiger partial charge in [-0.05, 0) is 56.0 Å². The lowest BCUT2D eigenvalue weighted by molar-refractivity contribution is -0.132. The largest absolute Gasteiger partial charge is 0.497 e. The fraction of sp³-hybridized carbons (Fsp3) is 0.348. The number of likely N-dealkylation sites (tertiary alicyclic amines) is 1. The third kappa shape index (κ3) is 4.16. The number of nitrogens with zero attached hydrogens (tertiary/aromatic N) is 4. The maximum absolute atomic E-state index is 13.0. The van der Waals surface area contributed by atoms with Gasteiger partial charge in [0.15, 0.2) is 0 Å². The van der Waals surface area contributed by atoms with Crippen LogP contribution in [0, 0.1) is 6.92 Å². The smallest absolute Gasteiger partial charge is 0.223 e. The molecule has 1 aliphatic heterocycles. The molecule has 0 aliphatic carbocycles. The molecule has 0 saturated carbocycles. The van der Waals surface area contributed by atoms with Crippen molar-refractivity contribution in [1.29, 1.82) is 0 Å². The van der Waals surface area contributed by atoms with E-state index in [0.717, 1.165) is 54.5 Å². The number of ether oxygens (including phenoxy) is 1. The lowest BCUT2D eigenvalue weighted by Crippen LogP contribution is -2.31. The van der Waals surface area contributed by atoms with E-state index in [9.17, 15) is 4.79 Å². The first-order valence-corrected chi connectivity index (χ1v) is 10.1. The van der Waals surface area contributed by atoms with Crippen LogP contribution in [0.3, 0.4) is 0 Å². The van der Waals surface area contributed by atoms with E-state index in [-0.39, 0.29) is 11.9 Å². The fourth-order valence-electron chi connectivity index (χ4n) is 3.94. The van der Waals surface area contributed by atoms with Crippen molar-refractivity contribution in [2.45, 2.75) is 38.6 Å². The van der Waals surface area contributed by atoms with Gasteiger partial charge in [-0.1, -0.05) is 18.2 Å². The molecule has 4 rings (SSSR count). The number of hydrogen-bond acceptors (Lipinski definition) is 4. The van der Waals surface area contributed by atoms with Crippen molar-refractivity contribution in [2.24, 2.45) is 0 Å². The molecule has 150 valence electrons. The monoisotopic (exact) mass is 390 g/mol. The third-order valence-electron chi connectivity index (χ3n) is 5.53. The van der Waals surface area contributed by atoms with Gasteiger partial charge in [0, 0.05) is 25.4 Å². The molecule has 1 saturated heterocycles. The molecule has 6 heteroatoms. The molecule has 3 aromatic rings. The van der Waals surface area contributed by atoms with E-state index in [1.807, 2.05) is 65.1 Å². The highest BCUT2D eigenvalue weighted by atomic mass is 16.5. The molecule has 0 bridgehead atoms. The van der Waals surface area contributed by atoms with Gasteiger partial charge in [-0.25, -0.2) is 9.97 Å². The van der Waals surface area contributed by atoms with E-state index in [2.05, 4.69) is 4.98 Å². The zero-order chi connectivity index (χ0) is 20.2. The lowest BCUT2D eigenvalue weighted by Gasteiger charge is -2.25. The standard InChI is InChI=1S/C23H26N4O2/c1-17-24-14-16-26(17)22-7-3-5-20(25-22)21-6-4-15-27(21)23(28)13-10-18-8-11-19(29-2)12-9-18/h3,5,7-9,11-12,14,16,21H,4,6,10,13,15H2,1-2H3. The van der Waals surface area contributed by atoms with Gasteiger partial charge < -0.3 is 9.64 Å². The topological polar surface area (TPSA) is 60.2 Å². The van der Waals surface area contributed by atoms with Crippen molar-refractivity contribution in [1.82, 2.24) is 19.4 Å². The average Bonchev–Trinajstić information content (AvgIpc) is 3.41. The molecule has 1 atom stereocenters. The molecule has 0 radical (unpaired) electrons. The minimum Gasteiger partial charge on any atom is -0.497 e. The molecule has 1 unspecified atom stereocenters. The Morgan fingerprint density at radius 3 is 2.76 bits per heavy atom. The number of benzene rings is 1. The number of rotatable bonds is 6. The van der Waals surface area contributed by atoms with Crippen LogP contribution in [0.1, 0.15) is 42.4 Å². The van der Waals surface area contributed by atoms with Crippen LogP contribution < -0.4 is 4.74 Å². The van der Waals surface area contributed by atoms with Crippen molar-refractivity contribution in [3.05, 3.63) is 71.9 Å². The molecule has 1 aromatic carbocycles. The molecular weight excluding hydrogens is 364 g/mol. The second-order valence-corrected chi connectivity index (χ2v) is 7.36. The van der Waals surface area contributed by atoms with E-state index >= 15 is 0 Å². The van der Waals surface area contributed by atoms with Crippen LogP contribution in [0.2, 0.25) is 0 Å². The Morgan fingerprint density at radius 2 is 2.03 bits per heavy atom. The number of pyridine rings is 1. The van der Waals surface area contributed by atoms with Crippen molar-refractivity contribution in [2.75, 3.05) is 13.7 Å². The van der Waals surface area contributed by atoms with Gasteiger partial charge in [0.05, 0.1) is 18.8 Å². The molecule has 0 spiro atoms. The van der Waals surface area contributed by atoms with Crippen LogP contribution in [0.15, 0.2) is 54.9 Å². The number of methoxy groups -OCH3 is 1. The van der Waals surface area contributed by atoms with Crippen LogP contribution in [0.25, 0.3) is 5.82 Å². The Hall–Kier alpha value is -3.15. The Kier molecular flexibility index (Phi) is 5.60. The van der Waals surface area contributed by atoms with E-state index in [0.29, 0.717) is 6.42 Å². The van der Waals surface area contributed by atoms with Crippen molar-refractivity contribution < 1.29 is 9.53 Å². The van der Waals surface area contributed by atoms with Gasteiger partial charge in [0.2, 0.25) is 5.91 Å². The van der Waals surface area contributed by atoms with Gasteiger partial charge >= 0.3 is 0 Å². The SMILES string of the molecule is COc1ccc(CCC(=O)N2CCCC2c2cccc(-n3ccnc3C)n2)cc1. The summed E-state index contributed by atoms with van der Waals surface area (Å²) in [6, 6.07) is 14.0. The van der Waals surface area contributed by atoms with Crippen molar-refractivity contribution in [3.8, 4) is 11.6 Å². The number of imidazole rings is 1. The van der Waals surface area contributed by atoms with Crippen LogP contribution in [-0.2, 0) is 11.2 Å². The summed E-state index contributed by atoms with van der Waals surface area (Å²) in [5.41, 5.74) is 2.09. The minimum absolute atomic E-state index is 0.0437. The number of aryl methyl sites for hydroxylation is 2. The summed E-state index contributed by atoms with van der Waals surface area (Å²) in [4.78, 5) is 24.1. The van der Waals surface area contributed by atoms with E-state index < -0.39 is 0 Å². The summed E-state index contributed by atoms with van der Waals surface area (Å²) in [5.74, 6) is 2.76. The Labute approximate surface area is 171 Å². The molecule has 1 fully saturated rings. The van der Waals surface area contributed by atoms with E-state index in [4.69, 9.17) is 9.72 Å². The van der Waals surface area contributed by atoms with E-state index in [1.165, 1.54) is 0 Å².